The number of benzene rings is 1. The SMILES string of the molecule is NNc1ncnc(Sc2nc3ccccc3o2)c1Br. The van der Waals surface area contributed by atoms with E-state index in [0.29, 0.717) is 20.5 Å². The van der Waals surface area contributed by atoms with Crippen LogP contribution >= 0.6 is 27.7 Å². The third kappa shape index (κ3) is 2.42. The van der Waals surface area contributed by atoms with Crippen molar-refractivity contribution in [2.24, 2.45) is 5.84 Å². The van der Waals surface area contributed by atoms with Crippen molar-refractivity contribution in [3.63, 3.8) is 0 Å². The molecule has 0 bridgehead atoms. The van der Waals surface area contributed by atoms with Gasteiger partial charge in [-0.15, -0.1) is 0 Å². The summed E-state index contributed by atoms with van der Waals surface area (Å²) in [5.74, 6) is 5.86. The van der Waals surface area contributed by atoms with Crippen molar-refractivity contribution in [1.82, 2.24) is 15.0 Å². The predicted molar refractivity (Wildman–Crippen MR) is 75.7 cm³/mol. The van der Waals surface area contributed by atoms with E-state index in [1.807, 2.05) is 24.3 Å². The molecule has 0 saturated carbocycles. The summed E-state index contributed by atoms with van der Waals surface area (Å²) in [5.41, 5.74) is 4.04. The molecule has 0 spiro atoms. The van der Waals surface area contributed by atoms with Gasteiger partial charge >= 0.3 is 0 Å². The summed E-state index contributed by atoms with van der Waals surface area (Å²) in [6, 6.07) is 7.58. The number of aromatic nitrogens is 3. The monoisotopic (exact) mass is 337 g/mol. The van der Waals surface area contributed by atoms with Crippen molar-refractivity contribution >= 4 is 44.6 Å². The minimum absolute atomic E-state index is 0.508. The largest absolute Gasteiger partial charge is 0.431 e. The van der Waals surface area contributed by atoms with E-state index in [0.717, 1.165) is 11.1 Å². The Morgan fingerprint density at radius 1 is 1.26 bits per heavy atom. The number of halogens is 1. The third-order valence-corrected chi connectivity index (χ3v) is 4.22. The number of hydrogen-bond acceptors (Lipinski definition) is 7. The van der Waals surface area contributed by atoms with Crippen LogP contribution in [-0.2, 0) is 0 Å². The Hall–Kier alpha value is -1.64. The Balaban J connectivity index is 1.96. The lowest BCUT2D eigenvalue weighted by atomic mass is 10.3. The van der Waals surface area contributed by atoms with Crippen LogP contribution in [0.1, 0.15) is 0 Å². The minimum Gasteiger partial charge on any atom is -0.431 e. The number of fused-ring (bicyclic) bond motifs is 1. The van der Waals surface area contributed by atoms with Crippen molar-refractivity contribution in [1.29, 1.82) is 0 Å². The van der Waals surface area contributed by atoms with E-state index < -0.39 is 0 Å². The van der Waals surface area contributed by atoms with Gasteiger partial charge in [0.15, 0.2) is 11.4 Å². The number of nitrogens with zero attached hydrogens (tertiary/aromatic N) is 3. The first-order valence-electron chi connectivity index (χ1n) is 5.28. The second kappa shape index (κ2) is 5.16. The summed E-state index contributed by atoms with van der Waals surface area (Å²) >= 11 is 4.68. The van der Waals surface area contributed by atoms with Gasteiger partial charge in [0.05, 0.1) is 4.47 Å². The van der Waals surface area contributed by atoms with Crippen molar-refractivity contribution < 1.29 is 4.42 Å². The molecule has 0 atom stereocenters. The van der Waals surface area contributed by atoms with Gasteiger partial charge in [-0.25, -0.2) is 20.8 Å². The van der Waals surface area contributed by atoms with Gasteiger partial charge in [-0.1, -0.05) is 12.1 Å². The van der Waals surface area contributed by atoms with E-state index in [-0.39, 0.29) is 0 Å². The summed E-state index contributed by atoms with van der Waals surface area (Å²) in [4.78, 5) is 12.5. The molecule has 0 aliphatic heterocycles. The number of nitrogen functional groups attached to an aromatic ring is 1. The molecule has 6 nitrogen and oxygen atoms in total. The molecule has 3 N–H and O–H groups in total. The van der Waals surface area contributed by atoms with Crippen LogP contribution in [0.25, 0.3) is 11.1 Å². The first kappa shape index (κ1) is 12.4. The first-order chi connectivity index (χ1) is 9.28. The molecule has 2 heterocycles. The molecule has 1 aromatic carbocycles. The fraction of sp³-hybridized carbons (Fsp3) is 0. The first-order valence-corrected chi connectivity index (χ1v) is 6.89. The van der Waals surface area contributed by atoms with Crippen LogP contribution in [0.3, 0.4) is 0 Å². The third-order valence-electron chi connectivity index (χ3n) is 2.35. The smallest absolute Gasteiger partial charge is 0.263 e. The highest BCUT2D eigenvalue weighted by Gasteiger charge is 2.13. The molecule has 3 rings (SSSR count). The summed E-state index contributed by atoms with van der Waals surface area (Å²) in [7, 11) is 0. The van der Waals surface area contributed by atoms with Gasteiger partial charge in [-0.05, 0) is 39.8 Å². The highest BCUT2D eigenvalue weighted by atomic mass is 79.9. The second-order valence-electron chi connectivity index (χ2n) is 3.54. The van der Waals surface area contributed by atoms with Crippen LogP contribution in [0.15, 0.2) is 49.7 Å². The Morgan fingerprint density at radius 2 is 2.11 bits per heavy atom. The lowest BCUT2D eigenvalue weighted by Gasteiger charge is -2.04. The van der Waals surface area contributed by atoms with Crippen LogP contribution in [-0.4, -0.2) is 15.0 Å². The topological polar surface area (TPSA) is 89.9 Å². The molecule has 0 saturated heterocycles. The highest BCUT2D eigenvalue weighted by molar-refractivity contribution is 9.10. The van der Waals surface area contributed by atoms with E-state index in [9.17, 15) is 0 Å². The van der Waals surface area contributed by atoms with E-state index in [2.05, 4.69) is 36.3 Å². The van der Waals surface area contributed by atoms with Crippen LogP contribution in [0.5, 0.6) is 0 Å². The standard InChI is InChI=1S/C11H8BrN5OS/c12-8-9(17-13)14-5-15-10(8)19-11-16-6-3-1-2-4-7(6)18-11/h1-5H,13H2,(H,14,15,17). The van der Waals surface area contributed by atoms with Gasteiger partial charge in [-0.2, -0.15) is 0 Å². The van der Waals surface area contributed by atoms with Gasteiger partial charge < -0.3 is 9.84 Å². The number of rotatable bonds is 3. The Kier molecular flexibility index (Phi) is 3.36. The van der Waals surface area contributed by atoms with Gasteiger partial charge in [0.25, 0.3) is 5.22 Å². The summed E-state index contributed by atoms with van der Waals surface area (Å²) in [6.45, 7) is 0. The van der Waals surface area contributed by atoms with Gasteiger partial charge in [-0.3, -0.25) is 0 Å². The van der Waals surface area contributed by atoms with Gasteiger partial charge in [0.2, 0.25) is 0 Å². The maximum atomic E-state index is 5.62. The molecule has 0 radical (unpaired) electrons. The average molecular weight is 338 g/mol. The van der Waals surface area contributed by atoms with Crippen molar-refractivity contribution in [3.8, 4) is 0 Å². The molecule has 0 unspecified atom stereocenters. The number of oxazole rings is 1. The molecule has 3 aromatic rings. The Labute approximate surface area is 120 Å². The molecule has 0 amide bonds. The molecule has 19 heavy (non-hydrogen) atoms. The molecular weight excluding hydrogens is 330 g/mol. The number of anilines is 1. The number of hydrogen-bond donors (Lipinski definition) is 2. The second-order valence-corrected chi connectivity index (χ2v) is 5.27. The lowest BCUT2D eigenvalue weighted by molar-refractivity contribution is 0.489. The van der Waals surface area contributed by atoms with Crippen LogP contribution in [0.2, 0.25) is 0 Å². The minimum atomic E-state index is 0.508. The maximum absolute atomic E-state index is 5.62. The van der Waals surface area contributed by atoms with Crippen molar-refractivity contribution in [3.05, 3.63) is 35.1 Å². The number of para-hydroxylation sites is 2. The van der Waals surface area contributed by atoms with Crippen LogP contribution in [0.4, 0.5) is 5.82 Å². The molecule has 2 aromatic heterocycles. The summed E-state index contributed by atoms with van der Waals surface area (Å²) in [6.07, 6.45) is 1.42. The fourth-order valence-electron chi connectivity index (χ4n) is 1.50. The van der Waals surface area contributed by atoms with Crippen LogP contribution in [0, 0.1) is 0 Å². The van der Waals surface area contributed by atoms with E-state index in [1.165, 1.54) is 18.1 Å². The zero-order chi connectivity index (χ0) is 13.2. The number of nitrogens with one attached hydrogen (secondary N) is 1. The zero-order valence-corrected chi connectivity index (χ0v) is 11.9. The molecule has 0 aliphatic carbocycles. The fourth-order valence-corrected chi connectivity index (χ4v) is 2.79. The normalized spacial score (nSPS) is 10.8. The van der Waals surface area contributed by atoms with Gasteiger partial charge in [0.1, 0.15) is 16.9 Å². The van der Waals surface area contributed by atoms with Crippen molar-refractivity contribution in [2.75, 3.05) is 5.43 Å². The molecule has 0 aliphatic rings. The van der Waals surface area contributed by atoms with E-state index in [4.69, 9.17) is 10.3 Å². The summed E-state index contributed by atoms with van der Waals surface area (Å²) in [5, 5.41) is 1.19. The molecular formula is C11H8BrN5OS. The molecule has 0 fully saturated rings. The predicted octanol–water partition coefficient (Wildman–Crippen LogP) is 2.82. The lowest BCUT2D eigenvalue weighted by Crippen LogP contribution is -2.09. The Morgan fingerprint density at radius 3 is 2.89 bits per heavy atom. The van der Waals surface area contributed by atoms with E-state index in [1.54, 1.807) is 0 Å². The summed E-state index contributed by atoms with van der Waals surface area (Å²) < 4.78 is 6.29. The van der Waals surface area contributed by atoms with Crippen molar-refractivity contribution in [2.45, 2.75) is 10.2 Å². The quantitative estimate of drug-likeness (QED) is 0.431. The van der Waals surface area contributed by atoms with E-state index >= 15 is 0 Å². The molecule has 8 heteroatoms. The average Bonchev–Trinajstić information content (AvgIpc) is 2.83. The maximum Gasteiger partial charge on any atom is 0.263 e. The van der Waals surface area contributed by atoms with Crippen LogP contribution < -0.4 is 11.3 Å². The number of hydrazine groups is 1. The zero-order valence-electron chi connectivity index (χ0n) is 9.50. The Bertz CT molecular complexity index is 699. The highest BCUT2D eigenvalue weighted by Crippen LogP contribution is 2.35. The number of nitrogens with two attached hydrogens (primary N) is 1. The van der Waals surface area contributed by atoms with Gasteiger partial charge in [0, 0.05) is 0 Å². The molecule has 96 valence electrons.